The van der Waals surface area contributed by atoms with Crippen LogP contribution in [0.5, 0.6) is 0 Å². The highest BCUT2D eigenvalue weighted by atomic mass is 32.1. The summed E-state index contributed by atoms with van der Waals surface area (Å²) in [4.78, 5) is 25.7. The number of thiophene rings is 1. The summed E-state index contributed by atoms with van der Waals surface area (Å²) >= 11 is 1.50. The zero-order chi connectivity index (χ0) is 15.2. The van der Waals surface area contributed by atoms with Crippen molar-refractivity contribution in [3.63, 3.8) is 0 Å². The lowest BCUT2D eigenvalue weighted by atomic mass is 10.2. The maximum Gasteiger partial charge on any atom is 0.252 e. The number of morpholine rings is 1. The van der Waals surface area contributed by atoms with Gasteiger partial charge in [0.25, 0.3) is 5.91 Å². The first-order valence-corrected chi connectivity index (χ1v) is 8.24. The monoisotopic (exact) mass is 310 g/mol. The van der Waals surface area contributed by atoms with Gasteiger partial charge in [0.05, 0.1) is 12.2 Å². The molecular weight excluding hydrogens is 288 g/mol. The molecule has 1 aliphatic rings. The van der Waals surface area contributed by atoms with Gasteiger partial charge in [-0.25, -0.2) is 0 Å². The molecule has 21 heavy (non-hydrogen) atoms. The highest BCUT2D eigenvalue weighted by Crippen LogP contribution is 2.12. The zero-order valence-corrected chi connectivity index (χ0v) is 13.3. The van der Waals surface area contributed by atoms with E-state index in [4.69, 9.17) is 4.74 Å². The van der Waals surface area contributed by atoms with Gasteiger partial charge in [0, 0.05) is 37.0 Å². The van der Waals surface area contributed by atoms with Crippen LogP contribution < -0.4 is 5.32 Å². The summed E-state index contributed by atoms with van der Waals surface area (Å²) in [5.74, 6) is 0.0686. The number of rotatable bonds is 5. The molecule has 1 fully saturated rings. The topological polar surface area (TPSA) is 58.6 Å². The summed E-state index contributed by atoms with van der Waals surface area (Å²) in [5.41, 5.74) is 0.683. The first-order chi connectivity index (χ1) is 10.1. The normalized spacial score (nSPS) is 22.1. The number of hydrogen-bond donors (Lipinski definition) is 1. The fourth-order valence-electron chi connectivity index (χ4n) is 2.48. The summed E-state index contributed by atoms with van der Waals surface area (Å²) in [6.07, 6.45) is 1.31. The van der Waals surface area contributed by atoms with Crippen LogP contribution >= 0.6 is 11.3 Å². The van der Waals surface area contributed by atoms with E-state index in [2.05, 4.69) is 5.32 Å². The molecule has 1 aromatic rings. The second-order valence-electron chi connectivity index (χ2n) is 5.43. The van der Waals surface area contributed by atoms with Crippen molar-refractivity contribution in [2.45, 2.75) is 38.9 Å². The van der Waals surface area contributed by atoms with E-state index in [1.54, 1.807) is 6.07 Å². The maximum absolute atomic E-state index is 12.1. The molecule has 0 radical (unpaired) electrons. The molecule has 5 nitrogen and oxygen atoms in total. The molecule has 1 aliphatic heterocycles. The SMILES string of the molecule is CC1CN(C(=O)CCCNC(=O)c2ccsc2)CC(C)O1. The average Bonchev–Trinajstić information content (AvgIpc) is 2.96. The third kappa shape index (κ3) is 4.82. The molecule has 116 valence electrons. The molecule has 6 heteroatoms. The number of ether oxygens (including phenoxy) is 1. The van der Waals surface area contributed by atoms with Gasteiger partial charge in [-0.15, -0.1) is 0 Å². The highest BCUT2D eigenvalue weighted by Gasteiger charge is 2.25. The summed E-state index contributed by atoms with van der Waals surface area (Å²) in [6.45, 7) is 5.80. The average molecular weight is 310 g/mol. The van der Waals surface area contributed by atoms with Crippen LogP contribution in [-0.4, -0.2) is 48.6 Å². The molecule has 1 aromatic heterocycles. The van der Waals surface area contributed by atoms with Crippen LogP contribution in [-0.2, 0) is 9.53 Å². The lowest BCUT2D eigenvalue weighted by Crippen LogP contribution is -2.48. The molecule has 2 rings (SSSR count). The summed E-state index contributed by atoms with van der Waals surface area (Å²) in [5, 5.41) is 6.52. The minimum atomic E-state index is -0.0719. The number of carbonyl (C=O) groups is 2. The van der Waals surface area contributed by atoms with Crippen LogP contribution in [0.15, 0.2) is 16.8 Å². The van der Waals surface area contributed by atoms with Crippen molar-refractivity contribution >= 4 is 23.2 Å². The first kappa shape index (κ1) is 16.0. The molecule has 0 saturated carbocycles. The fourth-order valence-corrected chi connectivity index (χ4v) is 3.11. The number of carbonyl (C=O) groups excluding carboxylic acids is 2. The van der Waals surface area contributed by atoms with Crippen molar-refractivity contribution in [1.29, 1.82) is 0 Å². The predicted molar refractivity (Wildman–Crippen MR) is 82.5 cm³/mol. The number of hydrogen-bond acceptors (Lipinski definition) is 4. The van der Waals surface area contributed by atoms with Gasteiger partial charge in [-0.2, -0.15) is 11.3 Å². The molecule has 0 spiro atoms. The van der Waals surface area contributed by atoms with Gasteiger partial charge in [-0.1, -0.05) is 0 Å². The molecule has 1 saturated heterocycles. The van der Waals surface area contributed by atoms with Gasteiger partial charge in [-0.3, -0.25) is 9.59 Å². The number of nitrogens with one attached hydrogen (secondary N) is 1. The Morgan fingerprint density at radius 1 is 1.38 bits per heavy atom. The molecular formula is C15H22N2O3S. The Hall–Kier alpha value is -1.40. The van der Waals surface area contributed by atoms with Crippen LogP contribution in [0.2, 0.25) is 0 Å². The lowest BCUT2D eigenvalue weighted by molar-refractivity contribution is -0.143. The number of amides is 2. The Morgan fingerprint density at radius 2 is 2.10 bits per heavy atom. The van der Waals surface area contributed by atoms with Gasteiger partial charge < -0.3 is 15.0 Å². The molecule has 2 amide bonds. The minimum Gasteiger partial charge on any atom is -0.372 e. The zero-order valence-electron chi connectivity index (χ0n) is 12.5. The molecule has 2 unspecified atom stereocenters. The van der Waals surface area contributed by atoms with Crippen LogP contribution in [0, 0.1) is 0 Å². The van der Waals surface area contributed by atoms with Gasteiger partial charge in [0.1, 0.15) is 0 Å². The lowest BCUT2D eigenvalue weighted by Gasteiger charge is -2.35. The van der Waals surface area contributed by atoms with Crippen LogP contribution in [0.1, 0.15) is 37.0 Å². The smallest absolute Gasteiger partial charge is 0.252 e. The van der Waals surface area contributed by atoms with Crippen molar-refractivity contribution < 1.29 is 14.3 Å². The van der Waals surface area contributed by atoms with E-state index in [1.165, 1.54) is 11.3 Å². The first-order valence-electron chi connectivity index (χ1n) is 7.30. The Balaban J connectivity index is 1.66. The Morgan fingerprint density at radius 3 is 2.71 bits per heavy atom. The quantitative estimate of drug-likeness (QED) is 0.845. The summed E-state index contributed by atoms with van der Waals surface area (Å²) < 4.78 is 5.62. The maximum atomic E-state index is 12.1. The van der Waals surface area contributed by atoms with E-state index >= 15 is 0 Å². The molecule has 0 aliphatic carbocycles. The third-order valence-corrected chi connectivity index (χ3v) is 4.09. The van der Waals surface area contributed by atoms with E-state index in [0.29, 0.717) is 38.0 Å². The van der Waals surface area contributed by atoms with Crippen LogP contribution in [0.25, 0.3) is 0 Å². The molecule has 0 bridgehead atoms. The van der Waals surface area contributed by atoms with E-state index in [0.717, 1.165) is 0 Å². The Kier molecular flexibility index (Phi) is 5.76. The third-order valence-electron chi connectivity index (χ3n) is 3.41. The Labute approximate surface area is 129 Å². The summed E-state index contributed by atoms with van der Waals surface area (Å²) in [6, 6.07) is 1.79. The van der Waals surface area contributed by atoms with Gasteiger partial charge in [-0.05, 0) is 31.7 Å². The molecule has 0 aromatic carbocycles. The van der Waals surface area contributed by atoms with E-state index in [1.807, 2.05) is 29.5 Å². The number of nitrogens with zero attached hydrogens (tertiary/aromatic N) is 1. The fraction of sp³-hybridized carbons (Fsp3) is 0.600. The Bertz CT molecular complexity index is 465. The van der Waals surface area contributed by atoms with Gasteiger partial charge >= 0.3 is 0 Å². The standard InChI is InChI=1S/C15H22N2O3S/c1-11-8-17(9-12(2)20-11)14(18)4-3-6-16-15(19)13-5-7-21-10-13/h5,7,10-12H,3-4,6,8-9H2,1-2H3,(H,16,19). The second-order valence-corrected chi connectivity index (χ2v) is 6.21. The van der Waals surface area contributed by atoms with E-state index in [9.17, 15) is 9.59 Å². The second kappa shape index (κ2) is 7.56. The molecule has 2 heterocycles. The van der Waals surface area contributed by atoms with Crippen molar-refractivity contribution in [3.05, 3.63) is 22.4 Å². The van der Waals surface area contributed by atoms with Crippen molar-refractivity contribution in [2.75, 3.05) is 19.6 Å². The largest absolute Gasteiger partial charge is 0.372 e. The minimum absolute atomic E-state index is 0.0719. The van der Waals surface area contributed by atoms with E-state index < -0.39 is 0 Å². The van der Waals surface area contributed by atoms with Crippen LogP contribution in [0.3, 0.4) is 0 Å². The predicted octanol–water partition coefficient (Wildman–Crippen LogP) is 1.89. The molecule has 1 N–H and O–H groups in total. The van der Waals surface area contributed by atoms with E-state index in [-0.39, 0.29) is 24.0 Å². The van der Waals surface area contributed by atoms with Crippen molar-refractivity contribution in [2.24, 2.45) is 0 Å². The van der Waals surface area contributed by atoms with Crippen LogP contribution in [0.4, 0.5) is 0 Å². The summed E-state index contributed by atoms with van der Waals surface area (Å²) in [7, 11) is 0. The van der Waals surface area contributed by atoms with Gasteiger partial charge in [0.15, 0.2) is 0 Å². The highest BCUT2D eigenvalue weighted by molar-refractivity contribution is 7.08. The molecule has 2 atom stereocenters. The van der Waals surface area contributed by atoms with Crippen molar-refractivity contribution in [3.8, 4) is 0 Å². The van der Waals surface area contributed by atoms with Gasteiger partial charge in [0.2, 0.25) is 5.91 Å². The van der Waals surface area contributed by atoms with Crippen molar-refractivity contribution in [1.82, 2.24) is 10.2 Å².